The van der Waals surface area contributed by atoms with Crippen molar-refractivity contribution in [2.75, 3.05) is 36.9 Å². The smallest absolute Gasteiger partial charge is 0.328 e. The number of alkyl halides is 1. The first-order valence-electron chi connectivity index (χ1n) is 12.4. The Morgan fingerprint density at radius 3 is 2.79 bits per heavy atom. The number of pyridine rings is 2. The van der Waals surface area contributed by atoms with Gasteiger partial charge in [-0.25, -0.2) is 19.2 Å². The second kappa shape index (κ2) is 9.96. The van der Waals surface area contributed by atoms with Crippen LogP contribution in [-0.4, -0.2) is 76.0 Å². The van der Waals surface area contributed by atoms with Gasteiger partial charge in [0.2, 0.25) is 5.91 Å². The average molecular weight is 538 g/mol. The van der Waals surface area contributed by atoms with E-state index in [1.165, 1.54) is 22.9 Å². The van der Waals surface area contributed by atoms with Crippen LogP contribution in [-0.2, 0) is 17.0 Å². The van der Waals surface area contributed by atoms with E-state index in [0.29, 0.717) is 35.4 Å². The molecule has 1 aliphatic carbocycles. The van der Waals surface area contributed by atoms with Crippen LogP contribution in [0.5, 0.6) is 0 Å². The molecule has 4 aliphatic rings. The van der Waals surface area contributed by atoms with Crippen LogP contribution in [0.1, 0.15) is 53.9 Å². The Hall–Kier alpha value is -3.56. The first kappa shape index (κ1) is 26.1. The summed E-state index contributed by atoms with van der Waals surface area (Å²) in [7, 11) is 1.86. The molecule has 5 heterocycles. The number of nitrogens with one attached hydrogen (secondary N) is 1. The van der Waals surface area contributed by atoms with Gasteiger partial charge in [-0.2, -0.15) is 5.26 Å². The molecule has 0 spiro atoms. The van der Waals surface area contributed by atoms with Crippen LogP contribution in [0.3, 0.4) is 0 Å². The Kier molecular flexibility index (Phi) is 6.83. The fourth-order valence-electron chi connectivity index (χ4n) is 5.13. The highest BCUT2D eigenvalue weighted by atomic mass is 32.2. The number of carbonyl (C=O) groups excluding carboxylic acids is 3. The molecule has 3 aliphatic heterocycles. The number of hydrogen-bond acceptors (Lipinski definition) is 8. The standard InChI is InChI=1S/C26H28FN7O3S/c1-15(2)38-21-7-22(29-11-17(21)10-28)31-25(37)34-18-8-26(27,9-18)19-6-16(20(14-35)30-24(19)34)12-33-5-4-32(3)13-23(33)36/h6-7,11,14-15,18H,4-5,8-9,12-13H2,1-3H3,(H,29,31,37). The number of halogens is 1. The van der Waals surface area contributed by atoms with Crippen LogP contribution in [0.15, 0.2) is 23.2 Å². The summed E-state index contributed by atoms with van der Waals surface area (Å²) >= 11 is 1.49. The zero-order chi connectivity index (χ0) is 27.2. The minimum Gasteiger partial charge on any atom is -0.336 e. The Labute approximate surface area is 224 Å². The van der Waals surface area contributed by atoms with Crippen LogP contribution < -0.4 is 10.2 Å². The predicted octanol–water partition coefficient (Wildman–Crippen LogP) is 3.31. The Morgan fingerprint density at radius 2 is 2.13 bits per heavy atom. The van der Waals surface area contributed by atoms with Crippen LogP contribution in [0.4, 0.5) is 20.8 Å². The van der Waals surface area contributed by atoms with Gasteiger partial charge in [0.15, 0.2) is 6.29 Å². The molecule has 2 aromatic heterocycles. The van der Waals surface area contributed by atoms with Gasteiger partial charge >= 0.3 is 6.03 Å². The number of nitrogens with zero attached hydrogens (tertiary/aromatic N) is 6. The van der Waals surface area contributed by atoms with E-state index in [9.17, 15) is 19.6 Å². The summed E-state index contributed by atoms with van der Waals surface area (Å²) in [6.07, 6.45) is 2.24. The van der Waals surface area contributed by atoms with Crippen molar-refractivity contribution in [1.29, 1.82) is 5.26 Å². The Morgan fingerprint density at radius 1 is 1.37 bits per heavy atom. The number of aromatic nitrogens is 2. The lowest BCUT2D eigenvalue weighted by molar-refractivity contribution is -0.136. The molecule has 0 atom stereocenters. The first-order chi connectivity index (χ1) is 18.1. The minimum atomic E-state index is -1.64. The van der Waals surface area contributed by atoms with Gasteiger partial charge < -0.3 is 4.90 Å². The monoisotopic (exact) mass is 537 g/mol. The molecule has 6 rings (SSSR count). The van der Waals surface area contributed by atoms with Crippen molar-refractivity contribution in [1.82, 2.24) is 19.8 Å². The molecule has 2 bridgehead atoms. The number of aldehydes is 1. The van der Waals surface area contributed by atoms with Crippen molar-refractivity contribution in [3.63, 3.8) is 0 Å². The third-order valence-corrected chi connectivity index (χ3v) is 8.16. The topological polar surface area (TPSA) is 123 Å². The Balaban J connectivity index is 1.44. The summed E-state index contributed by atoms with van der Waals surface area (Å²) in [5.41, 5.74) is -0.440. The highest BCUT2D eigenvalue weighted by Crippen LogP contribution is 2.56. The second-order valence-corrected chi connectivity index (χ2v) is 11.9. The molecule has 2 aromatic rings. The van der Waals surface area contributed by atoms with E-state index < -0.39 is 17.7 Å². The fourth-order valence-corrected chi connectivity index (χ4v) is 6.05. The molecule has 1 saturated carbocycles. The van der Waals surface area contributed by atoms with Crippen molar-refractivity contribution < 1.29 is 18.8 Å². The molecule has 3 amide bonds. The average Bonchev–Trinajstić information content (AvgIpc) is 2.84. The molecule has 0 unspecified atom stereocenters. The van der Waals surface area contributed by atoms with Crippen molar-refractivity contribution in [2.45, 2.75) is 55.1 Å². The highest BCUT2D eigenvalue weighted by Gasteiger charge is 2.57. The van der Waals surface area contributed by atoms with Crippen LogP contribution in [0.2, 0.25) is 0 Å². The van der Waals surface area contributed by atoms with Crippen LogP contribution in [0.25, 0.3) is 0 Å². The maximum atomic E-state index is 15.8. The molecule has 0 aromatic carbocycles. The summed E-state index contributed by atoms with van der Waals surface area (Å²) in [4.78, 5) is 52.2. The number of anilines is 2. The summed E-state index contributed by atoms with van der Waals surface area (Å²) in [6.45, 7) is 5.62. The quantitative estimate of drug-likeness (QED) is 0.440. The molecule has 1 saturated heterocycles. The molecular weight excluding hydrogens is 509 g/mol. The number of hydrogen-bond donors (Lipinski definition) is 1. The summed E-state index contributed by atoms with van der Waals surface area (Å²) < 4.78 is 15.8. The molecule has 2 fully saturated rings. The lowest BCUT2D eigenvalue weighted by Gasteiger charge is -2.52. The molecule has 198 valence electrons. The van der Waals surface area contributed by atoms with Crippen LogP contribution >= 0.6 is 11.8 Å². The van der Waals surface area contributed by atoms with Gasteiger partial charge in [0.25, 0.3) is 0 Å². The van der Waals surface area contributed by atoms with E-state index >= 15 is 4.39 Å². The van der Waals surface area contributed by atoms with E-state index in [-0.39, 0.29) is 60.0 Å². The van der Waals surface area contributed by atoms with Gasteiger partial charge in [0, 0.05) is 66.0 Å². The zero-order valence-electron chi connectivity index (χ0n) is 21.4. The van der Waals surface area contributed by atoms with E-state index in [4.69, 9.17) is 0 Å². The molecule has 38 heavy (non-hydrogen) atoms. The van der Waals surface area contributed by atoms with Crippen LogP contribution in [0, 0.1) is 11.3 Å². The van der Waals surface area contributed by atoms with Crippen molar-refractivity contribution >= 4 is 41.6 Å². The number of likely N-dealkylation sites (N-methyl/N-ethyl adjacent to an activating group) is 1. The van der Waals surface area contributed by atoms with E-state index in [0.717, 1.165) is 0 Å². The normalized spacial score (nSPS) is 22.5. The lowest BCUT2D eigenvalue weighted by atomic mass is 9.68. The number of urea groups is 1. The lowest BCUT2D eigenvalue weighted by Crippen LogP contribution is -2.60. The fraction of sp³-hybridized carbons (Fsp3) is 0.462. The predicted molar refractivity (Wildman–Crippen MR) is 140 cm³/mol. The molecule has 0 radical (unpaired) electrons. The molecule has 1 N–H and O–H groups in total. The summed E-state index contributed by atoms with van der Waals surface area (Å²) in [5, 5.41) is 12.4. The third kappa shape index (κ3) is 4.72. The van der Waals surface area contributed by atoms with E-state index in [1.807, 2.05) is 25.8 Å². The zero-order valence-corrected chi connectivity index (χ0v) is 22.2. The number of carbonyl (C=O) groups is 3. The van der Waals surface area contributed by atoms with Gasteiger partial charge in [0.05, 0.1) is 12.1 Å². The number of amides is 3. The van der Waals surface area contributed by atoms with Gasteiger partial charge in [-0.15, -0.1) is 11.8 Å². The number of piperazine rings is 1. The van der Waals surface area contributed by atoms with Gasteiger partial charge in [0.1, 0.15) is 29.1 Å². The summed E-state index contributed by atoms with van der Waals surface area (Å²) in [6, 6.07) is 4.39. The molecule has 12 heteroatoms. The third-order valence-electron chi connectivity index (χ3n) is 7.09. The van der Waals surface area contributed by atoms with Crippen molar-refractivity contribution in [3.05, 3.63) is 40.7 Å². The summed E-state index contributed by atoms with van der Waals surface area (Å²) in [5.74, 6) is 0.294. The molecular formula is C26H28FN7O3S. The van der Waals surface area contributed by atoms with E-state index in [2.05, 4.69) is 21.4 Å². The minimum absolute atomic E-state index is 0.0714. The van der Waals surface area contributed by atoms with Crippen molar-refractivity contribution in [3.8, 4) is 6.07 Å². The van der Waals surface area contributed by atoms with Crippen molar-refractivity contribution in [2.24, 2.45) is 0 Å². The van der Waals surface area contributed by atoms with Gasteiger partial charge in [-0.05, 0) is 19.2 Å². The maximum Gasteiger partial charge on any atom is 0.328 e. The molecule has 10 nitrogen and oxygen atoms in total. The van der Waals surface area contributed by atoms with Gasteiger partial charge in [-0.1, -0.05) is 13.8 Å². The maximum absolute atomic E-state index is 15.8. The highest BCUT2D eigenvalue weighted by molar-refractivity contribution is 8.00. The number of nitriles is 1. The number of rotatable bonds is 6. The van der Waals surface area contributed by atoms with E-state index in [1.54, 1.807) is 17.0 Å². The largest absolute Gasteiger partial charge is 0.336 e. The number of thioether (sulfide) groups is 1. The Bertz CT molecular complexity index is 1360. The second-order valence-electron chi connectivity index (χ2n) is 10.2. The van der Waals surface area contributed by atoms with Gasteiger partial charge in [-0.3, -0.25) is 24.7 Å². The SMILES string of the molecule is CC(C)Sc1cc(NC(=O)N2c3nc(C=O)c(CN4CCN(C)CC4=O)cc3C3(F)CC2C3)ncc1C#N. The first-order valence-corrected chi connectivity index (χ1v) is 13.3.